The van der Waals surface area contributed by atoms with Gasteiger partial charge in [-0.25, -0.2) is 4.98 Å². The largest absolute Gasteiger partial charge is 0.496 e. The summed E-state index contributed by atoms with van der Waals surface area (Å²) in [5, 5.41) is 18.7. The van der Waals surface area contributed by atoms with Crippen LogP contribution in [0, 0.1) is 11.3 Å². The fraction of sp³-hybridized carbons (Fsp3) is 0.308. The van der Waals surface area contributed by atoms with Crippen molar-refractivity contribution in [1.82, 2.24) is 4.98 Å². The van der Waals surface area contributed by atoms with Gasteiger partial charge >= 0.3 is 6.18 Å². The topological polar surface area (TPSA) is 86.5 Å². The van der Waals surface area contributed by atoms with Crippen LogP contribution in [0.2, 0.25) is 0 Å². The van der Waals surface area contributed by atoms with Crippen LogP contribution in [0.4, 0.5) is 19.0 Å². The molecule has 22 heavy (non-hydrogen) atoms. The molecule has 0 aromatic carbocycles. The quantitative estimate of drug-likeness (QED) is 0.895. The number of pyridine rings is 1. The molecule has 1 aliphatic heterocycles. The zero-order chi connectivity index (χ0) is 16.7. The molecule has 0 fully saturated rings. The first kappa shape index (κ1) is 15.8. The molecule has 1 aromatic heterocycles. The molecule has 1 unspecified atom stereocenters. The average molecular weight is 313 g/mol. The monoisotopic (exact) mass is 313 g/mol. The highest BCUT2D eigenvalue weighted by Gasteiger charge is 2.41. The second-order valence-corrected chi connectivity index (χ2v) is 4.44. The van der Waals surface area contributed by atoms with Crippen molar-refractivity contribution in [1.29, 1.82) is 5.26 Å². The van der Waals surface area contributed by atoms with E-state index in [0.29, 0.717) is 17.2 Å². The van der Waals surface area contributed by atoms with Gasteiger partial charge in [0.1, 0.15) is 11.9 Å². The average Bonchev–Trinajstić information content (AvgIpc) is 2.67. The molecule has 116 valence electrons. The summed E-state index contributed by atoms with van der Waals surface area (Å²) >= 11 is 0. The molecule has 1 aliphatic rings. The number of aromatic nitrogens is 1. The molecule has 0 saturated heterocycles. The van der Waals surface area contributed by atoms with Crippen LogP contribution in [0.5, 0.6) is 0 Å². The van der Waals surface area contributed by atoms with Gasteiger partial charge in [0.25, 0.3) is 5.91 Å². The molecule has 0 aliphatic carbocycles. The van der Waals surface area contributed by atoms with E-state index < -0.39 is 35.3 Å². The maximum atomic E-state index is 12.9. The normalized spacial score (nSPS) is 18.7. The van der Waals surface area contributed by atoms with Crippen molar-refractivity contribution in [2.24, 2.45) is 0 Å². The number of halogens is 3. The maximum absolute atomic E-state index is 12.9. The number of aliphatic hydroxyl groups excluding tert-OH is 1. The van der Waals surface area contributed by atoms with Crippen LogP contribution in [0.1, 0.15) is 18.1 Å². The van der Waals surface area contributed by atoms with Crippen molar-refractivity contribution >= 4 is 11.7 Å². The van der Waals surface area contributed by atoms with Crippen LogP contribution in [0.15, 0.2) is 23.6 Å². The molecule has 9 heteroatoms. The summed E-state index contributed by atoms with van der Waals surface area (Å²) < 4.78 is 43.7. The summed E-state index contributed by atoms with van der Waals surface area (Å²) in [5.41, 5.74) is -1.84. The highest BCUT2D eigenvalue weighted by Crippen LogP contribution is 2.35. The number of aliphatic hydroxyl groups is 1. The Morgan fingerprint density at radius 1 is 1.50 bits per heavy atom. The third kappa shape index (κ3) is 2.37. The second-order valence-electron chi connectivity index (χ2n) is 4.44. The van der Waals surface area contributed by atoms with E-state index in [1.165, 1.54) is 20.1 Å². The minimum absolute atomic E-state index is 0.0646. The van der Waals surface area contributed by atoms with Gasteiger partial charge in [-0.1, -0.05) is 0 Å². The number of methoxy groups -OCH3 is 1. The van der Waals surface area contributed by atoms with E-state index in [1.807, 2.05) is 0 Å². The number of carbonyl (C=O) groups is 1. The van der Waals surface area contributed by atoms with E-state index in [0.717, 1.165) is 0 Å². The molecular weight excluding hydrogens is 303 g/mol. The molecule has 1 N–H and O–H groups in total. The van der Waals surface area contributed by atoms with Gasteiger partial charge in [0.2, 0.25) is 0 Å². The minimum atomic E-state index is -4.79. The summed E-state index contributed by atoms with van der Waals surface area (Å²) in [6.45, 7) is 1.37. The molecule has 1 atom stereocenters. The van der Waals surface area contributed by atoms with Gasteiger partial charge in [-0.3, -0.25) is 9.69 Å². The van der Waals surface area contributed by atoms with Crippen molar-refractivity contribution in [2.75, 3.05) is 12.0 Å². The third-order valence-electron chi connectivity index (χ3n) is 3.17. The van der Waals surface area contributed by atoms with Gasteiger partial charge in [-0.05, 0) is 13.0 Å². The Bertz CT molecular complexity index is 707. The van der Waals surface area contributed by atoms with Crippen LogP contribution >= 0.6 is 0 Å². The Labute approximate surface area is 123 Å². The standard InChI is InChI=1S/C13H10F3N3O3/c1-6-10(22-2)12(21)19(11(6)20)9-3-8(13(14,15)16)7(4-17)5-18-9/h3,5,12,21H,1-2H3. The Balaban J connectivity index is 2.53. The molecule has 2 heterocycles. The highest BCUT2D eigenvalue weighted by atomic mass is 19.4. The molecular formula is C13H10F3N3O3. The van der Waals surface area contributed by atoms with Gasteiger partial charge in [0.05, 0.1) is 23.8 Å². The first-order valence-electron chi connectivity index (χ1n) is 5.96. The number of ether oxygens (including phenoxy) is 1. The molecule has 0 bridgehead atoms. The smallest absolute Gasteiger partial charge is 0.417 e. The van der Waals surface area contributed by atoms with Crippen LogP contribution < -0.4 is 4.90 Å². The zero-order valence-corrected chi connectivity index (χ0v) is 11.5. The third-order valence-corrected chi connectivity index (χ3v) is 3.17. The summed E-state index contributed by atoms with van der Waals surface area (Å²) in [7, 11) is 1.23. The summed E-state index contributed by atoms with van der Waals surface area (Å²) in [5.74, 6) is -1.21. The Kier molecular flexibility index (Phi) is 3.81. The predicted molar refractivity (Wildman–Crippen MR) is 67.2 cm³/mol. The first-order chi connectivity index (χ1) is 10.2. The van der Waals surface area contributed by atoms with Crippen LogP contribution in [0.3, 0.4) is 0 Å². The van der Waals surface area contributed by atoms with Crippen molar-refractivity contribution in [3.05, 3.63) is 34.7 Å². The van der Waals surface area contributed by atoms with Crippen LogP contribution in [-0.4, -0.2) is 29.3 Å². The maximum Gasteiger partial charge on any atom is 0.417 e. The fourth-order valence-corrected chi connectivity index (χ4v) is 2.10. The number of amides is 1. The van der Waals surface area contributed by atoms with Crippen molar-refractivity contribution in [3.8, 4) is 6.07 Å². The molecule has 1 aromatic rings. The van der Waals surface area contributed by atoms with Gasteiger partial charge < -0.3 is 9.84 Å². The van der Waals surface area contributed by atoms with Gasteiger partial charge in [0.15, 0.2) is 12.0 Å². The lowest BCUT2D eigenvalue weighted by Crippen LogP contribution is -2.36. The Morgan fingerprint density at radius 2 is 2.14 bits per heavy atom. The van der Waals surface area contributed by atoms with Gasteiger partial charge in [0, 0.05) is 6.20 Å². The second kappa shape index (κ2) is 5.31. The number of hydrogen-bond donors (Lipinski definition) is 1. The summed E-state index contributed by atoms with van der Waals surface area (Å²) in [4.78, 5) is 16.4. The van der Waals surface area contributed by atoms with Crippen molar-refractivity contribution in [3.63, 3.8) is 0 Å². The number of nitrogens with zero attached hydrogens (tertiary/aromatic N) is 3. The van der Waals surface area contributed by atoms with Crippen molar-refractivity contribution < 1.29 is 27.8 Å². The first-order valence-corrected chi connectivity index (χ1v) is 5.96. The molecule has 0 spiro atoms. The molecule has 0 radical (unpaired) electrons. The SMILES string of the molecule is COC1=C(C)C(=O)N(c2cc(C(F)(F)F)c(C#N)cn2)C1O. The van der Waals surface area contributed by atoms with E-state index in [2.05, 4.69) is 4.98 Å². The molecule has 2 rings (SSSR count). The van der Waals surface area contributed by atoms with E-state index in [9.17, 15) is 23.1 Å². The fourth-order valence-electron chi connectivity index (χ4n) is 2.10. The van der Waals surface area contributed by atoms with Crippen LogP contribution in [0.25, 0.3) is 0 Å². The number of anilines is 1. The summed E-state index contributed by atoms with van der Waals surface area (Å²) in [6, 6.07) is 1.93. The van der Waals surface area contributed by atoms with E-state index >= 15 is 0 Å². The van der Waals surface area contributed by atoms with Crippen LogP contribution in [-0.2, 0) is 15.7 Å². The lowest BCUT2D eigenvalue weighted by Gasteiger charge is -2.22. The number of hydrogen-bond acceptors (Lipinski definition) is 5. The number of rotatable bonds is 2. The van der Waals surface area contributed by atoms with E-state index in [4.69, 9.17) is 10.00 Å². The zero-order valence-electron chi connectivity index (χ0n) is 11.5. The minimum Gasteiger partial charge on any atom is -0.496 e. The number of alkyl halides is 3. The Hall–Kier alpha value is -2.60. The molecule has 0 saturated carbocycles. The Morgan fingerprint density at radius 3 is 2.59 bits per heavy atom. The molecule has 1 amide bonds. The lowest BCUT2D eigenvalue weighted by molar-refractivity contribution is -0.137. The van der Waals surface area contributed by atoms with E-state index in [1.54, 1.807) is 0 Å². The summed E-state index contributed by atoms with van der Waals surface area (Å²) in [6.07, 6.45) is -5.65. The molecule has 6 nitrogen and oxygen atoms in total. The lowest BCUT2D eigenvalue weighted by atomic mass is 10.1. The van der Waals surface area contributed by atoms with Gasteiger partial charge in [-0.15, -0.1) is 0 Å². The highest BCUT2D eigenvalue weighted by molar-refractivity contribution is 6.08. The van der Waals surface area contributed by atoms with Crippen molar-refractivity contribution in [2.45, 2.75) is 19.3 Å². The van der Waals surface area contributed by atoms with E-state index in [-0.39, 0.29) is 11.3 Å². The number of carbonyl (C=O) groups excluding carboxylic acids is 1. The van der Waals surface area contributed by atoms with Gasteiger partial charge in [-0.2, -0.15) is 18.4 Å². The number of nitriles is 1. The predicted octanol–water partition coefficient (Wildman–Crippen LogP) is 1.56.